The second-order valence-corrected chi connectivity index (χ2v) is 6.32. The molecule has 1 aliphatic rings. The van der Waals surface area contributed by atoms with Crippen molar-refractivity contribution in [3.05, 3.63) is 5.32 Å². The summed E-state index contributed by atoms with van der Waals surface area (Å²) >= 11 is 0. The van der Waals surface area contributed by atoms with Gasteiger partial charge in [0.25, 0.3) is 0 Å². The smallest absolute Gasteiger partial charge is 0.0605 e. The zero-order valence-electron chi connectivity index (χ0n) is 12.0. The van der Waals surface area contributed by atoms with Crippen molar-refractivity contribution in [2.45, 2.75) is 48.0 Å². The Morgan fingerprint density at radius 3 is 1.61 bits per heavy atom. The molecule has 1 radical (unpaired) electrons. The average Bonchev–Trinajstić information content (AvgIpc) is 2.44. The third kappa shape index (κ3) is 8.09. The van der Waals surface area contributed by atoms with E-state index in [0.717, 1.165) is 0 Å². The Hall–Kier alpha value is -0.0861. The number of hydrogen-bond acceptors (Lipinski definition) is 3. The van der Waals surface area contributed by atoms with Crippen LogP contribution in [0.25, 0.3) is 5.32 Å². The van der Waals surface area contributed by atoms with Crippen LogP contribution in [0.15, 0.2) is 0 Å². The summed E-state index contributed by atoms with van der Waals surface area (Å²) < 4.78 is 0. The van der Waals surface area contributed by atoms with Crippen LogP contribution in [-0.2, 0) is 47.1 Å². The summed E-state index contributed by atoms with van der Waals surface area (Å²) in [5.41, 5.74) is -0.396. The van der Waals surface area contributed by atoms with Gasteiger partial charge in [-0.05, 0) is 11.8 Å². The van der Waals surface area contributed by atoms with Crippen LogP contribution in [-0.4, -0.2) is 18.1 Å². The van der Waals surface area contributed by atoms with Gasteiger partial charge in [-0.3, -0.25) is 6.29 Å². The van der Waals surface area contributed by atoms with Crippen molar-refractivity contribution < 1.29 is 47.1 Å². The molecule has 18 heavy (non-hydrogen) atoms. The van der Waals surface area contributed by atoms with Crippen molar-refractivity contribution in [2.24, 2.45) is 16.7 Å². The molecule has 4 nitrogen and oxygen atoms in total. The van der Waals surface area contributed by atoms with Crippen LogP contribution in [0.5, 0.6) is 0 Å². The molecule has 0 aromatic heterocycles. The summed E-state index contributed by atoms with van der Waals surface area (Å²) in [5, 5.41) is 3.36. The van der Waals surface area contributed by atoms with E-state index in [-0.39, 0.29) is 61.3 Å². The molecule has 1 atom stereocenters. The Kier molecular flexibility index (Phi) is 8.42. The molecule has 1 fully saturated rings. The van der Waals surface area contributed by atoms with Gasteiger partial charge in [0, 0.05) is 38.6 Å². The second-order valence-electron chi connectivity index (χ2n) is 6.32. The molecular weight excluding hydrogens is 307 g/mol. The van der Waals surface area contributed by atoms with Crippen molar-refractivity contribution in [3.8, 4) is 0 Å². The summed E-state index contributed by atoms with van der Waals surface area (Å²) in [6.07, 6.45) is 2.15. The van der Waals surface area contributed by atoms with Crippen molar-refractivity contribution in [1.82, 2.24) is 0 Å². The second kappa shape index (κ2) is 7.49. The Balaban J connectivity index is 0. The molecule has 0 spiro atoms. The summed E-state index contributed by atoms with van der Waals surface area (Å²) in [4.78, 5) is 31.5. The molecule has 2 amide bonds. The SMILES string of the molecule is CC(C)(C)C1CC(=O)[N-]C1=O.CC(C)(C)[C-]=O.[Y]. The van der Waals surface area contributed by atoms with E-state index in [2.05, 4.69) is 5.32 Å². The Bertz CT molecular complexity index is 313. The van der Waals surface area contributed by atoms with Crippen LogP contribution >= 0.6 is 0 Å². The van der Waals surface area contributed by atoms with Crippen molar-refractivity contribution >= 4 is 18.1 Å². The van der Waals surface area contributed by atoms with E-state index in [1.54, 1.807) is 0 Å². The van der Waals surface area contributed by atoms with Crippen LogP contribution in [0.3, 0.4) is 0 Å². The molecular formula is C13H21NO3Y-2. The quantitative estimate of drug-likeness (QED) is 0.507. The first kappa shape index (κ1) is 20.2. The first-order chi connectivity index (χ1) is 7.47. The maximum atomic E-state index is 11.0. The van der Waals surface area contributed by atoms with Gasteiger partial charge in [0.05, 0.1) is 11.8 Å². The molecule has 0 saturated carbocycles. The summed E-state index contributed by atoms with van der Waals surface area (Å²) in [5.74, 6) is -0.715. The topological polar surface area (TPSA) is 65.3 Å². The standard InChI is InChI=1S/C8H13NO2.C5H9O.Y/c1-8(2,3)5-4-6(10)9-7(5)11;1-5(2,3)4-6;/h5H,4H2,1-3H3,(H,9,10,11);1-3H3;/q;-1;/p-1. The molecule has 1 heterocycles. The number of amides is 2. The molecule has 101 valence electrons. The van der Waals surface area contributed by atoms with Crippen LogP contribution in [0, 0.1) is 16.7 Å². The van der Waals surface area contributed by atoms with Gasteiger partial charge in [0.2, 0.25) is 0 Å². The molecule has 0 aromatic rings. The van der Waals surface area contributed by atoms with E-state index < -0.39 is 0 Å². The minimum absolute atomic E-state index is 0. The van der Waals surface area contributed by atoms with Crippen LogP contribution < -0.4 is 0 Å². The monoisotopic (exact) mass is 328 g/mol. The van der Waals surface area contributed by atoms with Gasteiger partial charge in [0.1, 0.15) is 0 Å². The largest absolute Gasteiger partial charge is 0.596 e. The number of imide groups is 1. The van der Waals surface area contributed by atoms with Gasteiger partial charge in [-0.25, -0.2) is 0 Å². The maximum Gasteiger partial charge on any atom is 0.0605 e. The Morgan fingerprint density at radius 1 is 1.11 bits per heavy atom. The fourth-order valence-electron chi connectivity index (χ4n) is 1.19. The molecule has 0 aromatic carbocycles. The molecule has 5 heteroatoms. The first-order valence-electron chi connectivity index (χ1n) is 5.65. The number of carbonyl (C=O) groups is 2. The minimum Gasteiger partial charge on any atom is -0.596 e. The normalized spacial score (nSPS) is 19.3. The van der Waals surface area contributed by atoms with E-state index in [1.165, 1.54) is 0 Å². The van der Waals surface area contributed by atoms with Crippen molar-refractivity contribution in [3.63, 3.8) is 0 Å². The Labute approximate surface area is 135 Å². The fraction of sp³-hybridized carbons (Fsp3) is 0.769. The number of rotatable bonds is 0. The zero-order valence-corrected chi connectivity index (χ0v) is 14.9. The third-order valence-electron chi connectivity index (χ3n) is 2.26. The number of carbonyl (C=O) groups excluding carboxylic acids is 3. The van der Waals surface area contributed by atoms with E-state index in [1.807, 2.05) is 47.8 Å². The zero-order chi connectivity index (χ0) is 13.9. The Morgan fingerprint density at radius 2 is 1.50 bits per heavy atom. The van der Waals surface area contributed by atoms with Gasteiger partial charge >= 0.3 is 0 Å². The molecule has 0 aliphatic carbocycles. The minimum atomic E-state index is -0.269. The molecule has 1 saturated heterocycles. The van der Waals surface area contributed by atoms with E-state index in [9.17, 15) is 14.4 Å². The molecule has 0 bridgehead atoms. The first-order valence-corrected chi connectivity index (χ1v) is 5.65. The maximum absolute atomic E-state index is 11.0. The fourth-order valence-corrected chi connectivity index (χ4v) is 1.19. The number of nitrogens with zero attached hydrogens (tertiary/aromatic N) is 1. The average molecular weight is 328 g/mol. The molecule has 1 aliphatic heterocycles. The van der Waals surface area contributed by atoms with Crippen molar-refractivity contribution in [1.29, 1.82) is 0 Å². The molecule has 1 unspecified atom stereocenters. The van der Waals surface area contributed by atoms with E-state index in [0.29, 0.717) is 6.42 Å². The van der Waals surface area contributed by atoms with Gasteiger partial charge in [-0.1, -0.05) is 41.5 Å². The summed E-state index contributed by atoms with van der Waals surface area (Å²) in [6.45, 7) is 11.3. The molecule has 1 rings (SSSR count). The summed E-state index contributed by atoms with van der Waals surface area (Å²) in [6, 6.07) is 0. The van der Waals surface area contributed by atoms with Crippen LogP contribution in [0.1, 0.15) is 48.0 Å². The van der Waals surface area contributed by atoms with Gasteiger partial charge in [-0.15, -0.1) is 5.41 Å². The van der Waals surface area contributed by atoms with E-state index in [4.69, 9.17) is 0 Å². The third-order valence-corrected chi connectivity index (χ3v) is 2.26. The predicted molar refractivity (Wildman–Crippen MR) is 66.1 cm³/mol. The van der Waals surface area contributed by atoms with Crippen molar-refractivity contribution in [2.75, 3.05) is 0 Å². The number of hydrogen-bond donors (Lipinski definition) is 0. The van der Waals surface area contributed by atoms with Crippen LogP contribution in [0.4, 0.5) is 0 Å². The van der Waals surface area contributed by atoms with Gasteiger partial charge in [-0.2, -0.15) is 0 Å². The summed E-state index contributed by atoms with van der Waals surface area (Å²) in [7, 11) is 0. The van der Waals surface area contributed by atoms with Gasteiger partial charge in [0.15, 0.2) is 0 Å². The van der Waals surface area contributed by atoms with E-state index >= 15 is 0 Å². The predicted octanol–water partition coefficient (Wildman–Crippen LogP) is 2.62. The molecule has 0 N–H and O–H groups in total. The van der Waals surface area contributed by atoms with Gasteiger partial charge < -0.3 is 19.7 Å². The van der Waals surface area contributed by atoms with Crippen LogP contribution in [0.2, 0.25) is 0 Å².